The molecule has 4 heterocycles. The Morgan fingerprint density at radius 3 is 2.85 bits per heavy atom. The van der Waals surface area contributed by atoms with Crippen LogP contribution in [0, 0.1) is 6.92 Å². The van der Waals surface area contributed by atoms with E-state index < -0.39 is 0 Å². The third kappa shape index (κ3) is 3.60. The van der Waals surface area contributed by atoms with Crippen LogP contribution in [0.4, 0.5) is 0 Å². The maximum atomic E-state index is 5.59. The highest BCUT2D eigenvalue weighted by molar-refractivity contribution is 7.13. The second-order valence-corrected chi connectivity index (χ2v) is 7.30. The topological polar surface area (TPSA) is 81.7 Å². The number of thiophene rings is 1. The molecule has 9 heteroatoms. The number of aromatic nitrogens is 5. The molecule has 0 spiro atoms. The molecule has 0 bridgehead atoms. The van der Waals surface area contributed by atoms with Crippen LogP contribution in [0.5, 0.6) is 0 Å². The summed E-state index contributed by atoms with van der Waals surface area (Å²) >= 11 is 1.65. The Kier molecular flexibility index (Phi) is 5.59. The van der Waals surface area contributed by atoms with Crippen LogP contribution in [-0.2, 0) is 13.5 Å². The number of rotatable bonds is 5. The van der Waals surface area contributed by atoms with Gasteiger partial charge in [0.15, 0.2) is 11.5 Å². The first-order valence-corrected chi connectivity index (χ1v) is 9.33. The molecule has 0 radical (unpaired) electrons. The highest BCUT2D eigenvalue weighted by Gasteiger charge is 2.20. The maximum Gasteiger partial charge on any atom is 0.258 e. The molecule has 4 aromatic heterocycles. The van der Waals surface area contributed by atoms with E-state index in [1.807, 2.05) is 38.5 Å². The van der Waals surface area contributed by atoms with E-state index in [0.29, 0.717) is 18.1 Å². The summed E-state index contributed by atoms with van der Waals surface area (Å²) in [5.74, 6) is 1.19. The Labute approximate surface area is 167 Å². The van der Waals surface area contributed by atoms with Crippen molar-refractivity contribution in [3.05, 3.63) is 35.1 Å². The van der Waals surface area contributed by atoms with Crippen molar-refractivity contribution in [1.82, 2.24) is 30.2 Å². The van der Waals surface area contributed by atoms with E-state index in [2.05, 4.69) is 33.5 Å². The lowest BCUT2D eigenvalue weighted by Gasteiger charge is -2.05. The van der Waals surface area contributed by atoms with Crippen molar-refractivity contribution in [2.45, 2.75) is 26.3 Å². The fourth-order valence-corrected chi connectivity index (χ4v) is 3.67. The fourth-order valence-electron chi connectivity index (χ4n) is 2.99. The third-order valence-electron chi connectivity index (χ3n) is 4.42. The van der Waals surface area contributed by atoms with Gasteiger partial charge < -0.3 is 9.84 Å². The Balaban J connectivity index is 0.00000210. The first kappa shape index (κ1) is 19.5. The van der Waals surface area contributed by atoms with Crippen LogP contribution in [0.25, 0.3) is 33.1 Å². The van der Waals surface area contributed by atoms with Crippen molar-refractivity contribution in [3.63, 3.8) is 0 Å². The molecule has 0 aliphatic carbocycles. The molecule has 0 aliphatic rings. The zero-order valence-corrected chi connectivity index (χ0v) is 17.2. The molecule has 142 valence electrons. The Morgan fingerprint density at radius 1 is 1.33 bits per heavy atom. The van der Waals surface area contributed by atoms with Gasteiger partial charge in [-0.1, -0.05) is 11.2 Å². The van der Waals surface area contributed by atoms with E-state index in [1.54, 1.807) is 16.0 Å². The monoisotopic (exact) mass is 404 g/mol. The van der Waals surface area contributed by atoms with E-state index in [4.69, 9.17) is 9.51 Å². The molecule has 1 atom stereocenters. The van der Waals surface area contributed by atoms with Crippen molar-refractivity contribution in [1.29, 1.82) is 0 Å². The Hall–Kier alpha value is -2.29. The number of fused-ring (bicyclic) bond motifs is 1. The van der Waals surface area contributed by atoms with Crippen LogP contribution in [0.2, 0.25) is 0 Å². The molecule has 0 aliphatic heterocycles. The smallest absolute Gasteiger partial charge is 0.258 e. The second-order valence-electron chi connectivity index (χ2n) is 6.35. The average Bonchev–Trinajstić information content (AvgIpc) is 3.36. The van der Waals surface area contributed by atoms with Crippen LogP contribution < -0.4 is 5.32 Å². The average molecular weight is 405 g/mol. The SMILES string of the molecule is CNC(C)Cc1noc(-c2cc(-c3cccs3)nc3c2c(C)nn3C)n1.Cl. The summed E-state index contributed by atoms with van der Waals surface area (Å²) in [5.41, 5.74) is 3.46. The van der Waals surface area contributed by atoms with Gasteiger partial charge in [0.1, 0.15) is 0 Å². The molecular formula is C18H21ClN6OS. The molecule has 0 saturated heterocycles. The zero-order valence-electron chi connectivity index (χ0n) is 15.6. The van der Waals surface area contributed by atoms with Crippen molar-refractivity contribution in [3.8, 4) is 22.0 Å². The van der Waals surface area contributed by atoms with Gasteiger partial charge in [-0.2, -0.15) is 10.1 Å². The second kappa shape index (κ2) is 7.75. The molecule has 0 amide bonds. The number of hydrogen-bond donors (Lipinski definition) is 1. The third-order valence-corrected chi connectivity index (χ3v) is 5.31. The summed E-state index contributed by atoms with van der Waals surface area (Å²) in [4.78, 5) is 10.5. The molecule has 4 aromatic rings. The van der Waals surface area contributed by atoms with Gasteiger partial charge >= 0.3 is 0 Å². The summed E-state index contributed by atoms with van der Waals surface area (Å²) in [7, 11) is 3.82. The summed E-state index contributed by atoms with van der Waals surface area (Å²) in [6, 6.07) is 6.37. The standard InChI is InChI=1S/C18H20N6OS.ClH/c1-10(19-3)8-15-21-18(25-23-15)12-9-13(14-6-5-7-26-14)20-17-16(12)11(2)22-24(17)4;/h5-7,9-10,19H,8H2,1-4H3;1H. The summed E-state index contributed by atoms with van der Waals surface area (Å²) in [6.45, 7) is 4.06. The Bertz CT molecular complexity index is 1060. The zero-order chi connectivity index (χ0) is 18.3. The quantitative estimate of drug-likeness (QED) is 0.547. The van der Waals surface area contributed by atoms with Gasteiger partial charge in [0.05, 0.1) is 27.2 Å². The minimum absolute atomic E-state index is 0. The predicted molar refractivity (Wildman–Crippen MR) is 109 cm³/mol. The molecule has 4 rings (SSSR count). The Morgan fingerprint density at radius 2 is 2.15 bits per heavy atom. The van der Waals surface area contributed by atoms with E-state index in [1.165, 1.54) is 0 Å². The predicted octanol–water partition coefficient (Wildman–Crippen LogP) is 3.63. The molecule has 0 saturated carbocycles. The van der Waals surface area contributed by atoms with Crippen molar-refractivity contribution in [2.75, 3.05) is 7.05 Å². The largest absolute Gasteiger partial charge is 0.334 e. The molecule has 1 unspecified atom stereocenters. The number of hydrogen-bond acceptors (Lipinski definition) is 7. The fraction of sp³-hybridized carbons (Fsp3) is 0.333. The first-order valence-electron chi connectivity index (χ1n) is 8.45. The number of nitrogens with zero attached hydrogens (tertiary/aromatic N) is 5. The molecule has 27 heavy (non-hydrogen) atoms. The normalized spacial score (nSPS) is 12.3. The van der Waals surface area contributed by atoms with Crippen LogP contribution in [0.1, 0.15) is 18.4 Å². The lowest BCUT2D eigenvalue weighted by molar-refractivity contribution is 0.418. The summed E-state index contributed by atoms with van der Waals surface area (Å²) < 4.78 is 7.39. The van der Waals surface area contributed by atoms with E-state index in [-0.39, 0.29) is 18.4 Å². The van der Waals surface area contributed by atoms with Crippen molar-refractivity contribution >= 4 is 34.8 Å². The van der Waals surface area contributed by atoms with Gasteiger partial charge in [0.2, 0.25) is 0 Å². The highest BCUT2D eigenvalue weighted by atomic mass is 35.5. The molecule has 7 nitrogen and oxygen atoms in total. The minimum Gasteiger partial charge on any atom is -0.334 e. The van der Waals surface area contributed by atoms with Gasteiger partial charge in [0.25, 0.3) is 5.89 Å². The maximum absolute atomic E-state index is 5.59. The van der Waals surface area contributed by atoms with Crippen molar-refractivity contribution in [2.24, 2.45) is 7.05 Å². The van der Waals surface area contributed by atoms with E-state index in [9.17, 15) is 0 Å². The molecule has 1 N–H and O–H groups in total. The number of aryl methyl sites for hydroxylation is 2. The molecular weight excluding hydrogens is 384 g/mol. The van der Waals surface area contributed by atoms with Gasteiger partial charge in [0, 0.05) is 19.5 Å². The summed E-state index contributed by atoms with van der Waals surface area (Å²) in [5, 5.41) is 14.8. The minimum atomic E-state index is 0. The van der Waals surface area contributed by atoms with Gasteiger partial charge in [-0.25, -0.2) is 4.98 Å². The summed E-state index contributed by atoms with van der Waals surface area (Å²) in [6.07, 6.45) is 0.706. The van der Waals surface area contributed by atoms with E-state index in [0.717, 1.165) is 32.9 Å². The van der Waals surface area contributed by atoms with Gasteiger partial charge in [-0.3, -0.25) is 4.68 Å². The highest BCUT2D eigenvalue weighted by Crippen LogP contribution is 2.34. The van der Waals surface area contributed by atoms with Gasteiger partial charge in [-0.05, 0) is 38.4 Å². The van der Waals surface area contributed by atoms with Crippen molar-refractivity contribution < 1.29 is 4.52 Å². The molecule has 0 aromatic carbocycles. The van der Waals surface area contributed by atoms with Gasteiger partial charge in [-0.15, -0.1) is 23.7 Å². The lowest BCUT2D eigenvalue weighted by atomic mass is 10.1. The number of likely N-dealkylation sites (N-methyl/N-ethyl adjacent to an activating group) is 1. The van der Waals surface area contributed by atoms with Crippen LogP contribution in [0.15, 0.2) is 28.1 Å². The lowest BCUT2D eigenvalue weighted by Crippen LogP contribution is -2.24. The van der Waals surface area contributed by atoms with E-state index >= 15 is 0 Å². The van der Waals surface area contributed by atoms with Crippen LogP contribution in [0.3, 0.4) is 0 Å². The number of nitrogens with one attached hydrogen (secondary N) is 1. The molecule has 0 fully saturated rings. The first-order chi connectivity index (χ1) is 12.6. The number of halogens is 1. The van der Waals surface area contributed by atoms with Crippen LogP contribution in [-0.4, -0.2) is 38.0 Å². The number of pyridine rings is 1. The van der Waals surface area contributed by atoms with Crippen LogP contribution >= 0.6 is 23.7 Å².